The van der Waals surface area contributed by atoms with Crippen molar-refractivity contribution in [3.05, 3.63) is 12.2 Å². The average Bonchev–Trinajstić information content (AvgIpc) is 3.57. The van der Waals surface area contributed by atoms with Crippen LogP contribution in [0.2, 0.25) is 0 Å². The third-order valence-electron chi connectivity index (χ3n) is 7.71. The van der Waals surface area contributed by atoms with E-state index in [-0.39, 0.29) is 92.7 Å². The van der Waals surface area contributed by atoms with Gasteiger partial charge < -0.3 is 14.5 Å². The van der Waals surface area contributed by atoms with E-state index in [2.05, 4.69) is 24.0 Å². The van der Waals surface area contributed by atoms with Gasteiger partial charge in [-0.1, -0.05) is 30.4 Å². The van der Waals surface area contributed by atoms with Crippen LogP contribution in [-0.4, -0.2) is 82.6 Å². The molecule has 0 aromatic heterocycles. The number of ether oxygens (including phenoxy) is 1. The normalized spacial score (nSPS) is 22.6. The summed E-state index contributed by atoms with van der Waals surface area (Å²) in [5.41, 5.74) is -0.617. The number of imide groups is 1. The van der Waals surface area contributed by atoms with E-state index in [0.717, 1.165) is 6.42 Å². The number of hydrogen-bond donors (Lipinski definition) is 0. The van der Waals surface area contributed by atoms with Crippen molar-refractivity contribution < 1.29 is 28.7 Å². The Hall–Kier alpha value is -3.59. The number of unbranched alkanes of at least 4 members (excludes halogenated alkanes) is 2. The minimum atomic E-state index is -0.617. The van der Waals surface area contributed by atoms with E-state index in [1.54, 1.807) is 20.8 Å². The first-order valence-corrected chi connectivity index (χ1v) is 14.1. The molecule has 0 unspecified atom stereocenters. The number of likely N-dealkylation sites (tertiary alicyclic amines) is 1. The van der Waals surface area contributed by atoms with E-state index in [1.165, 1.54) is 14.7 Å². The zero-order valence-electron chi connectivity index (χ0n) is 23.9. The predicted octanol–water partition coefficient (Wildman–Crippen LogP) is 2.40. The number of fused-ring (bicyclic) bond motifs is 5. The first-order valence-electron chi connectivity index (χ1n) is 14.1. The Morgan fingerprint density at radius 3 is 1.93 bits per heavy atom. The molecule has 1 saturated heterocycles. The van der Waals surface area contributed by atoms with Crippen LogP contribution in [0, 0.1) is 48.4 Å². The number of nitrogens with zero attached hydrogens (tertiary/aromatic N) is 3. The van der Waals surface area contributed by atoms with E-state index in [9.17, 15) is 24.0 Å². The molecule has 9 heteroatoms. The van der Waals surface area contributed by atoms with Crippen LogP contribution in [0.25, 0.3) is 0 Å². The summed E-state index contributed by atoms with van der Waals surface area (Å²) in [6, 6.07) is 0. The van der Waals surface area contributed by atoms with E-state index in [0.29, 0.717) is 25.8 Å². The zero-order valence-corrected chi connectivity index (χ0v) is 23.9. The van der Waals surface area contributed by atoms with Crippen LogP contribution in [0.3, 0.4) is 0 Å². The molecule has 2 aliphatic carbocycles. The van der Waals surface area contributed by atoms with Gasteiger partial charge in [0, 0.05) is 32.5 Å². The Morgan fingerprint density at radius 2 is 1.40 bits per heavy atom. The van der Waals surface area contributed by atoms with E-state index >= 15 is 0 Å². The second kappa shape index (κ2) is 13.7. The largest absolute Gasteiger partial charge is 0.460 e. The van der Waals surface area contributed by atoms with Crippen molar-refractivity contribution in [1.82, 2.24) is 14.7 Å². The predicted molar refractivity (Wildman–Crippen MR) is 149 cm³/mol. The quantitative estimate of drug-likeness (QED) is 0.108. The summed E-state index contributed by atoms with van der Waals surface area (Å²) in [6.07, 6.45) is 18.2. The van der Waals surface area contributed by atoms with Crippen molar-refractivity contribution >= 4 is 29.6 Å². The van der Waals surface area contributed by atoms with Crippen LogP contribution in [0.15, 0.2) is 12.2 Å². The summed E-state index contributed by atoms with van der Waals surface area (Å²) in [4.78, 5) is 67.5. The van der Waals surface area contributed by atoms with Crippen molar-refractivity contribution in [3.63, 3.8) is 0 Å². The van der Waals surface area contributed by atoms with Crippen molar-refractivity contribution in [1.29, 1.82) is 0 Å². The minimum absolute atomic E-state index is 0.0195. The lowest BCUT2D eigenvalue weighted by atomic mass is 9.85. The van der Waals surface area contributed by atoms with Gasteiger partial charge in [-0.25, -0.2) is 0 Å². The van der Waals surface area contributed by atoms with E-state index in [4.69, 9.17) is 17.6 Å². The van der Waals surface area contributed by atoms with Crippen LogP contribution in [0.5, 0.6) is 0 Å². The number of carbonyl (C=O) groups is 5. The number of terminal acetylenes is 2. The molecule has 2 bridgehead atoms. The lowest BCUT2D eigenvalue weighted by Crippen LogP contribution is -2.38. The van der Waals surface area contributed by atoms with Gasteiger partial charge in [0.25, 0.3) is 0 Å². The topological polar surface area (TPSA) is 104 Å². The molecular weight excluding hydrogens is 510 g/mol. The molecule has 4 amide bonds. The summed E-state index contributed by atoms with van der Waals surface area (Å²) in [5.74, 6) is 4.00. The molecule has 0 N–H and O–H groups in total. The lowest BCUT2D eigenvalue weighted by Gasteiger charge is -2.25. The summed E-state index contributed by atoms with van der Waals surface area (Å²) in [6.45, 7) is 6.09. The second-order valence-corrected chi connectivity index (χ2v) is 11.8. The van der Waals surface area contributed by atoms with Gasteiger partial charge >= 0.3 is 5.97 Å². The molecule has 4 atom stereocenters. The first-order chi connectivity index (χ1) is 19.0. The highest BCUT2D eigenvalue weighted by Crippen LogP contribution is 2.52. The molecule has 0 radical (unpaired) electrons. The molecule has 9 nitrogen and oxygen atoms in total. The minimum Gasteiger partial charge on any atom is -0.460 e. The monoisotopic (exact) mass is 551 g/mol. The molecule has 0 aromatic rings. The molecule has 2 fully saturated rings. The number of rotatable bonds is 14. The van der Waals surface area contributed by atoms with Gasteiger partial charge in [0.1, 0.15) is 5.60 Å². The highest BCUT2D eigenvalue weighted by Gasteiger charge is 2.58. The highest BCUT2D eigenvalue weighted by molar-refractivity contribution is 6.06. The average molecular weight is 552 g/mol. The number of allylic oxidation sites excluding steroid dienone is 2. The molecule has 1 saturated carbocycles. The van der Waals surface area contributed by atoms with E-state index in [1.807, 2.05) is 0 Å². The van der Waals surface area contributed by atoms with Gasteiger partial charge in [-0.2, -0.15) is 0 Å². The van der Waals surface area contributed by atoms with Crippen molar-refractivity contribution in [2.45, 2.75) is 71.3 Å². The molecule has 216 valence electrons. The number of carbonyl (C=O) groups excluding carboxylic acids is 5. The summed E-state index contributed by atoms with van der Waals surface area (Å²) in [7, 11) is 0. The Kier molecular flexibility index (Phi) is 10.6. The molecule has 1 heterocycles. The van der Waals surface area contributed by atoms with Gasteiger partial charge in [0.2, 0.25) is 23.6 Å². The van der Waals surface area contributed by atoms with Crippen LogP contribution in [-0.2, 0) is 28.7 Å². The van der Waals surface area contributed by atoms with Crippen LogP contribution < -0.4 is 0 Å². The van der Waals surface area contributed by atoms with Gasteiger partial charge in [-0.3, -0.25) is 28.9 Å². The Balaban J connectivity index is 1.38. The van der Waals surface area contributed by atoms with Crippen LogP contribution >= 0.6 is 0 Å². The smallest absolute Gasteiger partial charge is 0.308 e. The van der Waals surface area contributed by atoms with Crippen molar-refractivity contribution in [3.8, 4) is 24.7 Å². The fourth-order valence-electron chi connectivity index (χ4n) is 5.88. The summed E-state index contributed by atoms with van der Waals surface area (Å²) in [5, 5.41) is 0. The van der Waals surface area contributed by atoms with Crippen molar-refractivity contribution in [2.75, 3.05) is 32.7 Å². The zero-order chi connectivity index (χ0) is 29.4. The maximum atomic E-state index is 12.8. The third kappa shape index (κ3) is 7.75. The number of amides is 4. The Morgan fingerprint density at radius 1 is 0.875 bits per heavy atom. The Labute approximate surface area is 237 Å². The SMILES string of the molecule is C#CCN(CCC(=O)OC(C)(C)C)C(=O)CCN(CC#C)C(=O)CCCCCN1C(=O)[C@@H]2[C@H](C1=O)[C@H]1C=C[C@@H]2C1. The Bertz CT molecular complexity index is 1080. The molecule has 40 heavy (non-hydrogen) atoms. The first kappa shape index (κ1) is 30.9. The third-order valence-corrected chi connectivity index (χ3v) is 7.71. The lowest BCUT2D eigenvalue weighted by molar-refractivity contribution is -0.155. The van der Waals surface area contributed by atoms with Gasteiger partial charge in [0.05, 0.1) is 31.3 Å². The highest BCUT2D eigenvalue weighted by atomic mass is 16.6. The maximum Gasteiger partial charge on any atom is 0.308 e. The fourth-order valence-corrected chi connectivity index (χ4v) is 5.88. The molecule has 3 rings (SSSR count). The molecular formula is C31H41N3O6. The van der Waals surface area contributed by atoms with E-state index < -0.39 is 11.6 Å². The van der Waals surface area contributed by atoms with Gasteiger partial charge in [-0.15, -0.1) is 12.8 Å². The molecule has 0 spiro atoms. The molecule has 0 aromatic carbocycles. The number of hydrogen-bond acceptors (Lipinski definition) is 6. The summed E-state index contributed by atoms with van der Waals surface area (Å²) >= 11 is 0. The second-order valence-electron chi connectivity index (χ2n) is 11.8. The molecule has 3 aliphatic rings. The number of esters is 1. The maximum absolute atomic E-state index is 12.8. The standard InChI is InChI=1S/C31H41N3O6/c1-6-16-32(19-14-25(36)33(17-7-2)20-15-26(37)40-31(3,4)5)24(35)11-9-8-10-18-34-29(38)27-22-12-13-23(21-22)28(27)30(34)39/h1-2,12-13,22-23,27-28H,8-11,14-21H2,3-5H3/t22-,23+,27+,28-. The fraction of sp³-hybridized carbons (Fsp3) is 0.645. The van der Waals surface area contributed by atoms with Gasteiger partial charge in [-0.05, 0) is 51.9 Å². The molecule has 1 aliphatic heterocycles. The van der Waals surface area contributed by atoms with Crippen LogP contribution in [0.4, 0.5) is 0 Å². The summed E-state index contributed by atoms with van der Waals surface area (Å²) < 4.78 is 5.29. The van der Waals surface area contributed by atoms with Crippen LogP contribution in [0.1, 0.15) is 65.7 Å². The van der Waals surface area contributed by atoms with Gasteiger partial charge in [0.15, 0.2) is 0 Å². The van der Waals surface area contributed by atoms with Crippen molar-refractivity contribution in [2.24, 2.45) is 23.7 Å².